The van der Waals surface area contributed by atoms with Gasteiger partial charge in [0.1, 0.15) is 5.75 Å². The van der Waals surface area contributed by atoms with Crippen molar-refractivity contribution >= 4 is 27.9 Å². The molecule has 1 aromatic rings. The summed E-state index contributed by atoms with van der Waals surface area (Å²) in [5.41, 5.74) is 0.385. The monoisotopic (exact) mass is 380 g/mol. The van der Waals surface area contributed by atoms with Crippen molar-refractivity contribution < 1.29 is 28.2 Å². The Morgan fingerprint density at radius 1 is 1.32 bits per heavy atom. The Labute approximate surface area is 134 Å². The van der Waals surface area contributed by atoms with E-state index in [1.165, 1.54) is 6.07 Å². The van der Waals surface area contributed by atoms with Crippen LogP contribution in [-0.2, 0) is 11.3 Å². The van der Waals surface area contributed by atoms with Crippen molar-refractivity contribution in [1.82, 2.24) is 10.6 Å². The number of urea groups is 1. The summed E-state index contributed by atoms with van der Waals surface area (Å²) in [6, 6.07) is 3.96. The van der Waals surface area contributed by atoms with Gasteiger partial charge in [0.05, 0.1) is 0 Å². The van der Waals surface area contributed by atoms with Crippen molar-refractivity contribution in [2.24, 2.45) is 0 Å². The van der Waals surface area contributed by atoms with Gasteiger partial charge in [-0.1, -0.05) is 15.9 Å². The number of carbonyl (C=O) groups excluding carboxylic acids is 1. The Balaban J connectivity index is 2.47. The van der Waals surface area contributed by atoms with Gasteiger partial charge in [-0.15, -0.1) is 0 Å². The molecule has 0 saturated heterocycles. The third-order valence-corrected chi connectivity index (χ3v) is 3.02. The van der Waals surface area contributed by atoms with E-state index in [-0.39, 0.29) is 25.3 Å². The van der Waals surface area contributed by atoms with Gasteiger partial charge >= 0.3 is 18.6 Å². The van der Waals surface area contributed by atoms with Crippen LogP contribution in [0.1, 0.15) is 18.4 Å². The Morgan fingerprint density at radius 2 is 2.05 bits per heavy atom. The number of benzene rings is 1. The number of halogens is 3. The molecule has 0 radical (unpaired) electrons. The molecule has 0 aliphatic rings. The number of aliphatic carboxylic acids is 1. The lowest BCUT2D eigenvalue weighted by Crippen LogP contribution is -2.35. The molecule has 3 N–H and O–H groups in total. The topological polar surface area (TPSA) is 87.7 Å². The summed E-state index contributed by atoms with van der Waals surface area (Å²) >= 11 is 3.21. The first-order chi connectivity index (χ1) is 10.4. The highest BCUT2D eigenvalue weighted by atomic mass is 79.9. The SMILES string of the molecule is O=C(O)CCCNC(=O)NCc1cc(Br)ccc1OC(F)F. The fourth-order valence-corrected chi connectivity index (χ4v) is 1.99. The van der Waals surface area contributed by atoms with Crippen LogP contribution < -0.4 is 15.4 Å². The summed E-state index contributed by atoms with van der Waals surface area (Å²) in [5.74, 6) is -0.963. The molecule has 0 aromatic heterocycles. The zero-order valence-electron chi connectivity index (χ0n) is 11.4. The van der Waals surface area contributed by atoms with Crippen LogP contribution in [0.2, 0.25) is 0 Å². The van der Waals surface area contributed by atoms with E-state index in [9.17, 15) is 18.4 Å². The molecule has 9 heteroatoms. The minimum atomic E-state index is -2.95. The molecular weight excluding hydrogens is 366 g/mol. The van der Waals surface area contributed by atoms with E-state index in [0.29, 0.717) is 16.5 Å². The van der Waals surface area contributed by atoms with Crippen molar-refractivity contribution in [2.75, 3.05) is 6.54 Å². The fraction of sp³-hybridized carbons (Fsp3) is 0.385. The molecule has 122 valence electrons. The molecule has 1 aromatic carbocycles. The predicted molar refractivity (Wildman–Crippen MR) is 77.9 cm³/mol. The third-order valence-electron chi connectivity index (χ3n) is 2.53. The van der Waals surface area contributed by atoms with Crippen molar-refractivity contribution in [2.45, 2.75) is 26.0 Å². The Hall–Kier alpha value is -1.90. The number of rotatable bonds is 8. The first-order valence-electron chi connectivity index (χ1n) is 6.35. The van der Waals surface area contributed by atoms with Gasteiger partial charge in [0, 0.05) is 29.5 Å². The smallest absolute Gasteiger partial charge is 0.387 e. The van der Waals surface area contributed by atoms with E-state index in [2.05, 4.69) is 31.3 Å². The molecule has 2 amide bonds. The maximum atomic E-state index is 12.3. The second kappa shape index (κ2) is 9.19. The summed E-state index contributed by atoms with van der Waals surface area (Å²) in [4.78, 5) is 21.8. The van der Waals surface area contributed by atoms with Gasteiger partial charge in [-0.05, 0) is 24.6 Å². The Bertz CT molecular complexity index is 529. The highest BCUT2D eigenvalue weighted by molar-refractivity contribution is 9.10. The van der Waals surface area contributed by atoms with Crippen molar-refractivity contribution in [3.8, 4) is 5.75 Å². The lowest BCUT2D eigenvalue weighted by Gasteiger charge is -2.12. The average molecular weight is 381 g/mol. The van der Waals surface area contributed by atoms with E-state index in [1.807, 2.05) is 0 Å². The van der Waals surface area contributed by atoms with E-state index in [0.717, 1.165) is 0 Å². The second-order valence-electron chi connectivity index (χ2n) is 4.24. The molecule has 0 bridgehead atoms. The van der Waals surface area contributed by atoms with Gasteiger partial charge in [-0.2, -0.15) is 8.78 Å². The standard InChI is InChI=1S/C13H15BrF2N2O4/c14-9-3-4-10(22-12(15)16)8(6-9)7-18-13(21)17-5-1-2-11(19)20/h3-4,6,12H,1-2,5,7H2,(H,19,20)(H2,17,18,21). The summed E-state index contributed by atoms with van der Waals surface area (Å²) < 4.78 is 29.6. The number of carbonyl (C=O) groups is 2. The molecule has 22 heavy (non-hydrogen) atoms. The molecule has 0 atom stereocenters. The maximum absolute atomic E-state index is 12.3. The summed E-state index contributed by atoms with van der Waals surface area (Å²) in [5, 5.41) is 13.4. The van der Waals surface area contributed by atoms with Crippen LogP contribution in [0, 0.1) is 0 Å². The number of amides is 2. The van der Waals surface area contributed by atoms with E-state index in [1.54, 1.807) is 12.1 Å². The van der Waals surface area contributed by atoms with Crippen LogP contribution >= 0.6 is 15.9 Å². The van der Waals surface area contributed by atoms with Gasteiger partial charge in [0.25, 0.3) is 0 Å². The molecule has 0 aliphatic carbocycles. The minimum absolute atomic E-state index is 0.00768. The minimum Gasteiger partial charge on any atom is -0.481 e. The van der Waals surface area contributed by atoms with Gasteiger partial charge in [0.2, 0.25) is 0 Å². The fourth-order valence-electron chi connectivity index (χ4n) is 1.58. The Morgan fingerprint density at radius 3 is 2.68 bits per heavy atom. The molecule has 0 fully saturated rings. The number of hydrogen-bond acceptors (Lipinski definition) is 3. The molecule has 0 saturated carbocycles. The van der Waals surface area contributed by atoms with Crippen LogP contribution in [0.3, 0.4) is 0 Å². The van der Waals surface area contributed by atoms with Crippen LogP contribution in [0.15, 0.2) is 22.7 Å². The number of carboxylic acid groups (broad SMARTS) is 1. The van der Waals surface area contributed by atoms with E-state index < -0.39 is 18.6 Å². The molecule has 0 aliphatic heterocycles. The number of nitrogens with one attached hydrogen (secondary N) is 2. The second-order valence-corrected chi connectivity index (χ2v) is 5.15. The van der Waals surface area contributed by atoms with Crippen LogP contribution in [-0.4, -0.2) is 30.3 Å². The number of hydrogen-bond donors (Lipinski definition) is 3. The maximum Gasteiger partial charge on any atom is 0.387 e. The van der Waals surface area contributed by atoms with Crippen molar-refractivity contribution in [3.05, 3.63) is 28.2 Å². The normalized spacial score (nSPS) is 10.4. The van der Waals surface area contributed by atoms with Gasteiger partial charge in [-0.25, -0.2) is 4.79 Å². The first kappa shape index (κ1) is 18.1. The lowest BCUT2D eigenvalue weighted by atomic mass is 10.2. The quantitative estimate of drug-likeness (QED) is 0.605. The van der Waals surface area contributed by atoms with Crippen LogP contribution in [0.25, 0.3) is 0 Å². The summed E-state index contributed by atoms with van der Waals surface area (Å²) in [7, 11) is 0. The zero-order chi connectivity index (χ0) is 16.5. The first-order valence-corrected chi connectivity index (χ1v) is 7.14. The zero-order valence-corrected chi connectivity index (χ0v) is 13.0. The number of alkyl halides is 2. The van der Waals surface area contributed by atoms with Gasteiger partial charge in [-0.3, -0.25) is 4.79 Å². The molecule has 0 spiro atoms. The third kappa shape index (κ3) is 7.21. The van der Waals surface area contributed by atoms with Crippen molar-refractivity contribution in [1.29, 1.82) is 0 Å². The highest BCUT2D eigenvalue weighted by Crippen LogP contribution is 2.24. The van der Waals surface area contributed by atoms with E-state index >= 15 is 0 Å². The summed E-state index contributed by atoms with van der Waals surface area (Å²) in [6.07, 6.45) is 0.262. The van der Waals surface area contributed by atoms with Gasteiger partial charge in [0.15, 0.2) is 0 Å². The molecule has 0 heterocycles. The molecular formula is C13H15BrF2N2O4. The summed E-state index contributed by atoms with van der Waals surface area (Å²) in [6.45, 7) is -2.76. The van der Waals surface area contributed by atoms with Crippen molar-refractivity contribution in [3.63, 3.8) is 0 Å². The molecule has 0 unspecified atom stereocenters. The lowest BCUT2D eigenvalue weighted by molar-refractivity contribution is -0.137. The highest BCUT2D eigenvalue weighted by Gasteiger charge is 2.11. The Kier molecular flexibility index (Phi) is 7.58. The molecule has 1 rings (SSSR count). The molecule has 6 nitrogen and oxygen atoms in total. The van der Waals surface area contributed by atoms with Crippen LogP contribution in [0.5, 0.6) is 5.75 Å². The number of carboxylic acids is 1. The van der Waals surface area contributed by atoms with Gasteiger partial charge < -0.3 is 20.5 Å². The van der Waals surface area contributed by atoms with Crippen LogP contribution in [0.4, 0.5) is 13.6 Å². The average Bonchev–Trinajstić information content (AvgIpc) is 2.43. The van der Waals surface area contributed by atoms with E-state index in [4.69, 9.17) is 5.11 Å². The predicted octanol–water partition coefficient (Wildman–Crippen LogP) is 2.71. The number of ether oxygens (including phenoxy) is 1. The largest absolute Gasteiger partial charge is 0.481 e.